The number of hydrogen-bond acceptors (Lipinski definition) is 4. The van der Waals surface area contributed by atoms with E-state index in [1.807, 2.05) is 36.1 Å². The van der Waals surface area contributed by atoms with E-state index in [-0.39, 0.29) is 23.9 Å². The van der Waals surface area contributed by atoms with Gasteiger partial charge in [0.05, 0.1) is 18.9 Å². The molecule has 0 radical (unpaired) electrons. The first-order chi connectivity index (χ1) is 13.1. The van der Waals surface area contributed by atoms with Crippen LogP contribution in [0.3, 0.4) is 0 Å². The van der Waals surface area contributed by atoms with E-state index in [4.69, 9.17) is 0 Å². The predicted octanol–water partition coefficient (Wildman–Crippen LogP) is 1.92. The van der Waals surface area contributed by atoms with E-state index in [1.165, 1.54) is 12.5 Å². The van der Waals surface area contributed by atoms with E-state index in [2.05, 4.69) is 20.3 Å². The van der Waals surface area contributed by atoms with Crippen molar-refractivity contribution in [3.8, 4) is 0 Å². The minimum absolute atomic E-state index is 0.0612. The zero-order valence-electron chi connectivity index (χ0n) is 15.1. The van der Waals surface area contributed by atoms with Crippen molar-refractivity contribution >= 4 is 22.6 Å². The first-order valence-corrected chi connectivity index (χ1v) is 9.02. The van der Waals surface area contributed by atoms with Gasteiger partial charge in [0.15, 0.2) is 0 Å². The summed E-state index contributed by atoms with van der Waals surface area (Å²) in [5.74, 6) is -0.128. The molecular weight excluding hydrogens is 342 g/mol. The van der Waals surface area contributed by atoms with Crippen molar-refractivity contribution in [2.45, 2.75) is 31.8 Å². The molecule has 2 amide bonds. The third-order valence-electron chi connectivity index (χ3n) is 5.09. The molecule has 7 nitrogen and oxygen atoms in total. The quantitative estimate of drug-likeness (QED) is 0.741. The Hall–Kier alpha value is -3.22. The summed E-state index contributed by atoms with van der Waals surface area (Å²) in [6.45, 7) is 2.54. The van der Waals surface area contributed by atoms with Crippen LogP contribution in [0.2, 0.25) is 0 Å². The average Bonchev–Trinajstić information content (AvgIpc) is 3.32. The fourth-order valence-electron chi connectivity index (χ4n) is 3.72. The summed E-state index contributed by atoms with van der Waals surface area (Å²) in [6.07, 6.45) is 7.59. The molecule has 138 valence electrons. The van der Waals surface area contributed by atoms with Crippen molar-refractivity contribution in [2.75, 3.05) is 6.54 Å². The Kier molecular flexibility index (Phi) is 4.58. The molecule has 4 rings (SSSR count). The van der Waals surface area contributed by atoms with Crippen molar-refractivity contribution in [3.05, 3.63) is 60.4 Å². The van der Waals surface area contributed by atoms with Gasteiger partial charge < -0.3 is 15.2 Å². The van der Waals surface area contributed by atoms with Crippen molar-refractivity contribution in [3.63, 3.8) is 0 Å². The molecule has 2 unspecified atom stereocenters. The van der Waals surface area contributed by atoms with E-state index < -0.39 is 0 Å². The average molecular weight is 363 g/mol. The third-order valence-corrected chi connectivity index (χ3v) is 5.09. The molecule has 2 aromatic heterocycles. The topological polar surface area (TPSA) is 91.0 Å². The highest BCUT2D eigenvalue weighted by Gasteiger charge is 2.33. The number of aromatic nitrogens is 3. The molecule has 1 aromatic carbocycles. The van der Waals surface area contributed by atoms with E-state index in [9.17, 15) is 9.59 Å². The molecule has 3 heterocycles. The molecule has 0 spiro atoms. The minimum Gasteiger partial charge on any atom is -0.346 e. The Labute approximate surface area is 156 Å². The lowest BCUT2D eigenvalue weighted by Crippen LogP contribution is -2.39. The molecule has 0 saturated carbocycles. The number of carbonyl (C=O) groups excluding carboxylic acids is 2. The molecule has 2 atom stereocenters. The monoisotopic (exact) mass is 363 g/mol. The van der Waals surface area contributed by atoms with Crippen LogP contribution in [0.1, 0.15) is 29.4 Å². The maximum Gasteiger partial charge on any atom is 0.269 e. The summed E-state index contributed by atoms with van der Waals surface area (Å²) in [4.78, 5) is 37.8. The van der Waals surface area contributed by atoms with Crippen molar-refractivity contribution in [2.24, 2.45) is 0 Å². The molecule has 1 aliphatic heterocycles. The lowest BCUT2D eigenvalue weighted by Gasteiger charge is -2.22. The highest BCUT2D eigenvalue weighted by Crippen LogP contribution is 2.22. The molecule has 0 aliphatic carbocycles. The molecule has 2 N–H and O–H groups in total. The number of benzene rings is 1. The van der Waals surface area contributed by atoms with Crippen LogP contribution in [-0.4, -0.2) is 50.3 Å². The van der Waals surface area contributed by atoms with Crippen LogP contribution in [0.15, 0.2) is 49.2 Å². The number of fused-ring (bicyclic) bond motifs is 1. The van der Waals surface area contributed by atoms with Crippen molar-refractivity contribution in [1.82, 2.24) is 25.2 Å². The summed E-state index contributed by atoms with van der Waals surface area (Å²) in [6, 6.07) is 7.92. The fourth-order valence-corrected chi connectivity index (χ4v) is 3.72. The summed E-state index contributed by atoms with van der Waals surface area (Å²) < 4.78 is 0. The number of nitrogens with zero attached hydrogens (tertiary/aromatic N) is 3. The number of amides is 2. The second kappa shape index (κ2) is 7.19. The summed E-state index contributed by atoms with van der Waals surface area (Å²) >= 11 is 0. The first-order valence-electron chi connectivity index (χ1n) is 9.02. The van der Waals surface area contributed by atoms with Gasteiger partial charge in [-0.3, -0.25) is 14.6 Å². The number of carbonyl (C=O) groups is 2. The smallest absolute Gasteiger partial charge is 0.269 e. The minimum atomic E-state index is -0.195. The lowest BCUT2D eigenvalue weighted by atomic mass is 10.0. The van der Waals surface area contributed by atoms with E-state index >= 15 is 0 Å². The Balaban J connectivity index is 1.43. The SMILES string of the molecule is CC1CC(NC(=O)c2cnc[nH]2)CN1C(=O)Cc1cccc2ccncc12. The van der Waals surface area contributed by atoms with Crippen LogP contribution < -0.4 is 5.32 Å². The zero-order chi connectivity index (χ0) is 18.8. The number of nitrogens with one attached hydrogen (secondary N) is 2. The largest absolute Gasteiger partial charge is 0.346 e. The van der Waals surface area contributed by atoms with Gasteiger partial charge in [-0.15, -0.1) is 0 Å². The van der Waals surface area contributed by atoms with E-state index in [0.717, 1.165) is 22.8 Å². The number of imidazole rings is 1. The highest BCUT2D eigenvalue weighted by molar-refractivity contribution is 5.92. The molecule has 1 fully saturated rings. The van der Waals surface area contributed by atoms with Gasteiger partial charge in [0, 0.05) is 36.4 Å². The van der Waals surface area contributed by atoms with E-state index in [1.54, 1.807) is 12.4 Å². The number of aromatic amines is 1. The molecule has 3 aromatic rings. The second-order valence-electron chi connectivity index (χ2n) is 6.96. The van der Waals surface area contributed by atoms with Gasteiger partial charge in [-0.1, -0.05) is 18.2 Å². The molecule has 27 heavy (non-hydrogen) atoms. The molecule has 0 bridgehead atoms. The number of likely N-dealkylation sites (tertiary alicyclic amines) is 1. The summed E-state index contributed by atoms with van der Waals surface area (Å²) in [5.41, 5.74) is 1.40. The highest BCUT2D eigenvalue weighted by atomic mass is 16.2. The fraction of sp³-hybridized carbons (Fsp3) is 0.300. The number of rotatable bonds is 4. The maximum atomic E-state index is 12.9. The van der Waals surface area contributed by atoms with Crippen LogP contribution in [0, 0.1) is 0 Å². The standard InChI is InChI=1S/C20H21N5O2/c1-13-7-16(24-20(27)18-10-22-12-23-18)11-25(13)19(26)8-15-4-2-3-14-5-6-21-9-17(14)15/h2-6,9-10,12-13,16H,7-8,11H2,1H3,(H,22,23)(H,24,27). The Bertz CT molecular complexity index is 964. The Morgan fingerprint density at radius 1 is 1.26 bits per heavy atom. The Morgan fingerprint density at radius 2 is 2.15 bits per heavy atom. The van der Waals surface area contributed by atoms with Crippen molar-refractivity contribution in [1.29, 1.82) is 0 Å². The number of pyridine rings is 1. The molecular formula is C20H21N5O2. The van der Waals surface area contributed by atoms with Crippen LogP contribution in [-0.2, 0) is 11.2 Å². The zero-order valence-corrected chi connectivity index (χ0v) is 15.1. The van der Waals surface area contributed by atoms with Crippen molar-refractivity contribution < 1.29 is 9.59 Å². The van der Waals surface area contributed by atoms with Crippen LogP contribution in [0.5, 0.6) is 0 Å². The van der Waals surface area contributed by atoms with E-state index in [0.29, 0.717) is 18.7 Å². The lowest BCUT2D eigenvalue weighted by molar-refractivity contribution is -0.131. The van der Waals surface area contributed by atoms with Gasteiger partial charge >= 0.3 is 0 Å². The van der Waals surface area contributed by atoms with Crippen LogP contribution in [0.4, 0.5) is 0 Å². The van der Waals surface area contributed by atoms with Crippen LogP contribution >= 0.6 is 0 Å². The summed E-state index contributed by atoms with van der Waals surface area (Å²) in [5, 5.41) is 5.06. The normalized spacial score (nSPS) is 19.4. The number of H-pyrrole nitrogens is 1. The molecule has 7 heteroatoms. The van der Waals surface area contributed by atoms with Gasteiger partial charge in [-0.05, 0) is 30.4 Å². The van der Waals surface area contributed by atoms with Gasteiger partial charge in [-0.25, -0.2) is 4.98 Å². The third kappa shape index (κ3) is 3.53. The van der Waals surface area contributed by atoms with Gasteiger partial charge in [0.2, 0.25) is 5.91 Å². The molecule has 1 saturated heterocycles. The predicted molar refractivity (Wildman–Crippen MR) is 101 cm³/mol. The Morgan fingerprint density at radius 3 is 2.96 bits per heavy atom. The maximum absolute atomic E-state index is 12.9. The van der Waals surface area contributed by atoms with Crippen LogP contribution in [0.25, 0.3) is 10.8 Å². The van der Waals surface area contributed by atoms with Gasteiger partial charge in [0.1, 0.15) is 5.69 Å². The van der Waals surface area contributed by atoms with Gasteiger partial charge in [-0.2, -0.15) is 0 Å². The number of hydrogen-bond donors (Lipinski definition) is 2. The molecule has 1 aliphatic rings. The summed E-state index contributed by atoms with van der Waals surface area (Å²) in [7, 11) is 0. The second-order valence-corrected chi connectivity index (χ2v) is 6.96. The first kappa shape index (κ1) is 17.2. The van der Waals surface area contributed by atoms with Gasteiger partial charge in [0.25, 0.3) is 5.91 Å².